The quantitative estimate of drug-likeness (QED) is 0.740. The van der Waals surface area contributed by atoms with E-state index in [1.807, 2.05) is 13.8 Å². The Hall–Kier alpha value is -1.71. The summed E-state index contributed by atoms with van der Waals surface area (Å²) in [5, 5.41) is 0. The van der Waals surface area contributed by atoms with Gasteiger partial charge in [0.2, 0.25) is 0 Å². The van der Waals surface area contributed by atoms with Crippen LogP contribution in [0.4, 0.5) is 0 Å². The maximum absolute atomic E-state index is 11.5. The molecule has 0 unspecified atom stereocenters. The van der Waals surface area contributed by atoms with Crippen LogP contribution in [0.1, 0.15) is 31.1 Å². The number of hydrogen-bond donors (Lipinski definition) is 0. The first-order valence-electron chi connectivity index (χ1n) is 5.60. The van der Waals surface area contributed by atoms with Gasteiger partial charge in [-0.15, -0.1) is 0 Å². The first-order valence-corrected chi connectivity index (χ1v) is 5.60. The molecule has 0 aromatic heterocycles. The molecule has 1 rings (SSSR count). The Morgan fingerprint density at radius 1 is 1.29 bits per heavy atom. The zero-order valence-corrected chi connectivity index (χ0v) is 10.6. The second kappa shape index (κ2) is 6.13. The van der Waals surface area contributed by atoms with Crippen molar-refractivity contribution >= 4 is 5.97 Å². The fourth-order valence-electron chi connectivity index (χ4n) is 1.36. The van der Waals surface area contributed by atoms with Crippen LogP contribution in [0.3, 0.4) is 0 Å². The van der Waals surface area contributed by atoms with E-state index in [2.05, 4.69) is 0 Å². The third-order valence-corrected chi connectivity index (χ3v) is 2.04. The van der Waals surface area contributed by atoms with Gasteiger partial charge in [-0.1, -0.05) is 0 Å². The molecule has 0 bridgehead atoms. The van der Waals surface area contributed by atoms with Crippen LogP contribution in [0.5, 0.6) is 11.5 Å². The van der Waals surface area contributed by atoms with Gasteiger partial charge in [0.15, 0.2) is 11.5 Å². The Kier molecular flexibility index (Phi) is 4.82. The Labute approximate surface area is 101 Å². The van der Waals surface area contributed by atoms with Gasteiger partial charge in [-0.25, -0.2) is 4.79 Å². The van der Waals surface area contributed by atoms with E-state index in [-0.39, 0.29) is 12.1 Å². The zero-order valence-electron chi connectivity index (χ0n) is 10.6. The maximum atomic E-state index is 11.5. The van der Waals surface area contributed by atoms with Crippen molar-refractivity contribution in [2.45, 2.75) is 26.9 Å². The van der Waals surface area contributed by atoms with Crippen LogP contribution >= 0.6 is 0 Å². The Morgan fingerprint density at radius 2 is 2.00 bits per heavy atom. The second-order valence-electron chi connectivity index (χ2n) is 3.75. The summed E-state index contributed by atoms with van der Waals surface area (Å²) in [6, 6.07) is 5.00. The van der Waals surface area contributed by atoms with E-state index < -0.39 is 0 Å². The largest absolute Gasteiger partial charge is 0.493 e. The Morgan fingerprint density at radius 3 is 2.53 bits per heavy atom. The van der Waals surface area contributed by atoms with E-state index in [1.165, 1.54) is 7.11 Å². The van der Waals surface area contributed by atoms with Crippen LogP contribution in [0.25, 0.3) is 0 Å². The predicted molar refractivity (Wildman–Crippen MR) is 64.7 cm³/mol. The van der Waals surface area contributed by atoms with Gasteiger partial charge in [-0.2, -0.15) is 0 Å². The highest BCUT2D eigenvalue weighted by molar-refractivity contribution is 5.90. The second-order valence-corrected chi connectivity index (χ2v) is 3.75. The summed E-state index contributed by atoms with van der Waals surface area (Å²) in [5.41, 5.74) is 0.458. The lowest BCUT2D eigenvalue weighted by Gasteiger charge is -2.14. The van der Waals surface area contributed by atoms with Crippen molar-refractivity contribution in [2.75, 3.05) is 13.7 Å². The van der Waals surface area contributed by atoms with Crippen molar-refractivity contribution in [3.8, 4) is 11.5 Å². The minimum absolute atomic E-state index is 0.0531. The predicted octanol–water partition coefficient (Wildman–Crippen LogP) is 2.66. The van der Waals surface area contributed by atoms with Crippen molar-refractivity contribution in [1.29, 1.82) is 0 Å². The lowest BCUT2D eigenvalue weighted by molar-refractivity contribution is 0.0526. The molecule has 0 aliphatic rings. The van der Waals surface area contributed by atoms with Gasteiger partial charge in [0.25, 0.3) is 0 Å². The molecule has 0 aliphatic heterocycles. The molecule has 1 aromatic carbocycles. The van der Waals surface area contributed by atoms with Crippen molar-refractivity contribution in [3.05, 3.63) is 23.8 Å². The molecule has 0 radical (unpaired) electrons. The molecule has 0 N–H and O–H groups in total. The molecule has 0 atom stereocenters. The van der Waals surface area contributed by atoms with Crippen LogP contribution < -0.4 is 9.47 Å². The van der Waals surface area contributed by atoms with E-state index in [9.17, 15) is 4.79 Å². The highest BCUT2D eigenvalue weighted by Gasteiger charge is 2.12. The van der Waals surface area contributed by atoms with Gasteiger partial charge in [0.1, 0.15) is 0 Å². The Balaban J connectivity index is 2.95. The number of benzene rings is 1. The maximum Gasteiger partial charge on any atom is 0.338 e. The number of methoxy groups -OCH3 is 1. The van der Waals surface area contributed by atoms with Gasteiger partial charge < -0.3 is 14.2 Å². The molecule has 0 aliphatic carbocycles. The summed E-state index contributed by atoms with van der Waals surface area (Å²) in [7, 11) is 1.54. The fourth-order valence-corrected chi connectivity index (χ4v) is 1.36. The van der Waals surface area contributed by atoms with E-state index >= 15 is 0 Å². The number of esters is 1. The van der Waals surface area contributed by atoms with Gasteiger partial charge in [0, 0.05) is 0 Å². The van der Waals surface area contributed by atoms with Gasteiger partial charge in [-0.3, -0.25) is 0 Å². The third kappa shape index (κ3) is 3.66. The number of rotatable bonds is 5. The van der Waals surface area contributed by atoms with Crippen molar-refractivity contribution in [3.63, 3.8) is 0 Å². The summed E-state index contributed by atoms with van der Waals surface area (Å²) in [6.07, 6.45) is 0.0531. The number of carbonyl (C=O) groups is 1. The van der Waals surface area contributed by atoms with Crippen LogP contribution in [0.2, 0.25) is 0 Å². The topological polar surface area (TPSA) is 44.8 Å². The minimum Gasteiger partial charge on any atom is -0.493 e. The van der Waals surface area contributed by atoms with Crippen molar-refractivity contribution < 1.29 is 19.0 Å². The average Bonchev–Trinajstić information content (AvgIpc) is 2.29. The number of ether oxygens (including phenoxy) is 3. The van der Waals surface area contributed by atoms with Crippen LogP contribution in [-0.2, 0) is 4.74 Å². The molecule has 17 heavy (non-hydrogen) atoms. The molecule has 0 heterocycles. The van der Waals surface area contributed by atoms with Crippen molar-refractivity contribution in [1.82, 2.24) is 0 Å². The summed E-state index contributed by atoms with van der Waals surface area (Å²) in [4.78, 5) is 11.5. The molecule has 4 nitrogen and oxygen atoms in total. The SMILES string of the molecule is CCOC(=O)c1ccc(OC(C)C)c(OC)c1. The van der Waals surface area contributed by atoms with Crippen LogP contribution in [0, 0.1) is 0 Å². The molecule has 0 saturated carbocycles. The monoisotopic (exact) mass is 238 g/mol. The Bertz CT molecular complexity index is 385. The first kappa shape index (κ1) is 13.4. The molecular weight excluding hydrogens is 220 g/mol. The van der Waals surface area contributed by atoms with Gasteiger partial charge in [-0.05, 0) is 39.0 Å². The van der Waals surface area contributed by atoms with Crippen molar-refractivity contribution in [2.24, 2.45) is 0 Å². The minimum atomic E-state index is -0.359. The molecule has 0 saturated heterocycles. The molecule has 0 fully saturated rings. The molecular formula is C13H18O4. The summed E-state index contributed by atoms with van der Waals surface area (Å²) < 4.78 is 15.6. The summed E-state index contributed by atoms with van der Waals surface area (Å²) >= 11 is 0. The zero-order chi connectivity index (χ0) is 12.8. The summed E-state index contributed by atoms with van der Waals surface area (Å²) in [5.74, 6) is 0.793. The normalized spacial score (nSPS) is 10.2. The number of carbonyl (C=O) groups excluding carboxylic acids is 1. The van der Waals surface area contributed by atoms with E-state index in [4.69, 9.17) is 14.2 Å². The van der Waals surface area contributed by atoms with E-state index in [0.717, 1.165) is 0 Å². The highest BCUT2D eigenvalue weighted by Crippen LogP contribution is 2.29. The molecule has 4 heteroatoms. The molecule has 0 amide bonds. The first-order chi connectivity index (χ1) is 8.08. The average molecular weight is 238 g/mol. The molecule has 94 valence electrons. The van der Waals surface area contributed by atoms with Crippen LogP contribution in [0.15, 0.2) is 18.2 Å². The van der Waals surface area contributed by atoms with E-state index in [0.29, 0.717) is 23.7 Å². The lowest BCUT2D eigenvalue weighted by atomic mass is 10.2. The summed E-state index contributed by atoms with van der Waals surface area (Å²) in [6.45, 7) is 5.98. The fraction of sp³-hybridized carbons (Fsp3) is 0.462. The molecule has 1 aromatic rings. The standard InChI is InChI=1S/C13H18O4/c1-5-16-13(14)10-6-7-11(17-9(2)3)12(8-10)15-4/h6-9H,5H2,1-4H3. The van der Waals surface area contributed by atoms with Crippen LogP contribution in [-0.4, -0.2) is 25.8 Å². The van der Waals surface area contributed by atoms with Gasteiger partial charge in [0.05, 0.1) is 25.4 Å². The molecule has 0 spiro atoms. The highest BCUT2D eigenvalue weighted by atomic mass is 16.5. The van der Waals surface area contributed by atoms with E-state index in [1.54, 1.807) is 25.1 Å². The number of hydrogen-bond acceptors (Lipinski definition) is 4. The smallest absolute Gasteiger partial charge is 0.338 e. The lowest BCUT2D eigenvalue weighted by Crippen LogP contribution is -2.08. The van der Waals surface area contributed by atoms with Gasteiger partial charge >= 0.3 is 5.97 Å². The third-order valence-electron chi connectivity index (χ3n) is 2.04.